The second kappa shape index (κ2) is 6.60. The summed E-state index contributed by atoms with van der Waals surface area (Å²) in [5, 5.41) is 10.2. The van der Waals surface area contributed by atoms with Gasteiger partial charge in [0.1, 0.15) is 11.6 Å². The third kappa shape index (κ3) is 3.26. The Hall–Kier alpha value is -3.48. The van der Waals surface area contributed by atoms with Crippen LogP contribution in [0.5, 0.6) is 5.75 Å². The third-order valence-corrected chi connectivity index (χ3v) is 4.34. The van der Waals surface area contributed by atoms with Crippen molar-refractivity contribution in [3.8, 4) is 28.3 Å². The number of benzene rings is 2. The fourth-order valence-electron chi connectivity index (χ4n) is 3.10. The molecule has 2 aromatic heterocycles. The van der Waals surface area contributed by atoms with Gasteiger partial charge >= 0.3 is 6.18 Å². The molecule has 7 heteroatoms. The van der Waals surface area contributed by atoms with Gasteiger partial charge in [0.05, 0.1) is 22.5 Å². The van der Waals surface area contributed by atoms with E-state index in [1.807, 2.05) is 0 Å². The lowest BCUT2D eigenvalue weighted by atomic mass is 10.0. The molecular formula is C21H14F3N3O. The Kier molecular flexibility index (Phi) is 4.22. The monoisotopic (exact) mass is 381 g/mol. The summed E-state index contributed by atoms with van der Waals surface area (Å²) in [6, 6.07) is 13.7. The zero-order valence-electron chi connectivity index (χ0n) is 14.7. The molecule has 0 saturated carbocycles. The molecule has 0 saturated heterocycles. The summed E-state index contributed by atoms with van der Waals surface area (Å²) >= 11 is 0. The van der Waals surface area contributed by atoms with Crippen molar-refractivity contribution in [1.29, 1.82) is 0 Å². The number of aryl methyl sites for hydroxylation is 1. The van der Waals surface area contributed by atoms with E-state index in [1.165, 1.54) is 12.3 Å². The van der Waals surface area contributed by atoms with Crippen molar-refractivity contribution >= 4 is 10.9 Å². The lowest BCUT2D eigenvalue weighted by molar-refractivity contribution is -0.137. The predicted octanol–water partition coefficient (Wildman–Crippen LogP) is 5.39. The number of nitrogens with zero attached hydrogens (tertiary/aromatic N) is 3. The van der Waals surface area contributed by atoms with Crippen molar-refractivity contribution in [2.24, 2.45) is 0 Å². The Labute approximate surface area is 158 Å². The van der Waals surface area contributed by atoms with Gasteiger partial charge < -0.3 is 5.11 Å². The van der Waals surface area contributed by atoms with Gasteiger partial charge in [0.15, 0.2) is 0 Å². The van der Waals surface area contributed by atoms with Crippen LogP contribution in [0.4, 0.5) is 13.2 Å². The van der Waals surface area contributed by atoms with Crippen LogP contribution in [0.1, 0.15) is 11.4 Å². The molecule has 0 amide bonds. The smallest absolute Gasteiger partial charge is 0.418 e. The molecular weight excluding hydrogens is 367 g/mol. The number of fused-ring (bicyclic) bond motifs is 1. The van der Waals surface area contributed by atoms with Gasteiger partial charge in [-0.05, 0) is 55.5 Å². The lowest BCUT2D eigenvalue weighted by Crippen LogP contribution is -2.08. The summed E-state index contributed by atoms with van der Waals surface area (Å²) < 4.78 is 40.0. The van der Waals surface area contributed by atoms with Crippen molar-refractivity contribution in [2.45, 2.75) is 13.1 Å². The van der Waals surface area contributed by atoms with Gasteiger partial charge in [-0.25, -0.2) is 9.97 Å². The van der Waals surface area contributed by atoms with Crippen molar-refractivity contribution in [3.05, 3.63) is 72.2 Å². The lowest BCUT2D eigenvalue weighted by Gasteiger charge is -2.13. The van der Waals surface area contributed by atoms with E-state index < -0.39 is 11.7 Å². The highest BCUT2D eigenvalue weighted by atomic mass is 19.4. The van der Waals surface area contributed by atoms with Gasteiger partial charge in [-0.1, -0.05) is 6.07 Å². The molecule has 0 aliphatic carbocycles. The van der Waals surface area contributed by atoms with Crippen LogP contribution in [0, 0.1) is 6.92 Å². The Balaban J connectivity index is 1.91. The molecule has 0 spiro atoms. The summed E-state index contributed by atoms with van der Waals surface area (Å²) in [5.41, 5.74) is 1.33. The first-order chi connectivity index (χ1) is 13.3. The number of hydrogen-bond donors (Lipinski definition) is 1. The number of hydrogen-bond acceptors (Lipinski definition) is 4. The first kappa shape index (κ1) is 17.9. The Morgan fingerprint density at radius 2 is 1.57 bits per heavy atom. The molecule has 4 rings (SSSR count). The zero-order valence-corrected chi connectivity index (χ0v) is 14.7. The summed E-state index contributed by atoms with van der Waals surface area (Å²) in [5.74, 6) is 0.626. The number of phenols is 1. The number of aromatic nitrogens is 3. The summed E-state index contributed by atoms with van der Waals surface area (Å²) in [6.45, 7) is 1.72. The van der Waals surface area contributed by atoms with Crippen LogP contribution >= 0.6 is 0 Å². The predicted molar refractivity (Wildman–Crippen MR) is 99.6 cm³/mol. The van der Waals surface area contributed by atoms with Gasteiger partial charge in [0.25, 0.3) is 0 Å². The summed E-state index contributed by atoms with van der Waals surface area (Å²) in [4.78, 5) is 12.8. The van der Waals surface area contributed by atoms with Crippen LogP contribution < -0.4 is 0 Å². The van der Waals surface area contributed by atoms with E-state index in [0.29, 0.717) is 28.0 Å². The van der Waals surface area contributed by atoms with Crippen LogP contribution in [-0.4, -0.2) is 20.1 Å². The molecule has 0 bridgehead atoms. The van der Waals surface area contributed by atoms with Gasteiger partial charge in [0, 0.05) is 22.7 Å². The number of rotatable bonds is 2. The normalized spacial score (nSPS) is 11.7. The fraction of sp³-hybridized carbons (Fsp3) is 0.0952. The standard InChI is InChI=1S/C21H14F3N3O/c1-12-26-18-11-14(20-17(21(22,23)24)3-2-10-25-20)6-9-16(18)19(27-12)13-4-7-15(28)8-5-13/h2-11,28H,1H3. The quantitative estimate of drug-likeness (QED) is 0.506. The zero-order chi connectivity index (χ0) is 19.9. The number of alkyl halides is 3. The van der Waals surface area contributed by atoms with Crippen LogP contribution in [0.15, 0.2) is 60.8 Å². The van der Waals surface area contributed by atoms with Crippen LogP contribution in [0.25, 0.3) is 33.4 Å². The Bertz CT molecular complexity index is 1170. The van der Waals surface area contributed by atoms with Crippen molar-refractivity contribution in [1.82, 2.24) is 15.0 Å². The molecule has 0 fully saturated rings. The highest BCUT2D eigenvalue weighted by Crippen LogP contribution is 2.37. The molecule has 4 nitrogen and oxygen atoms in total. The highest BCUT2D eigenvalue weighted by Gasteiger charge is 2.34. The molecule has 4 aromatic rings. The maximum Gasteiger partial charge on any atom is 0.418 e. The SMILES string of the molecule is Cc1nc(-c2ccc(O)cc2)c2ccc(-c3ncccc3C(F)(F)F)cc2n1. The van der Waals surface area contributed by atoms with E-state index >= 15 is 0 Å². The molecule has 28 heavy (non-hydrogen) atoms. The summed E-state index contributed by atoms with van der Waals surface area (Å²) in [6.07, 6.45) is -3.17. The average Bonchev–Trinajstić information content (AvgIpc) is 2.67. The minimum Gasteiger partial charge on any atom is -0.508 e. The maximum absolute atomic E-state index is 13.3. The molecule has 2 aromatic carbocycles. The number of pyridine rings is 1. The van der Waals surface area contributed by atoms with Crippen molar-refractivity contribution in [3.63, 3.8) is 0 Å². The van der Waals surface area contributed by atoms with Gasteiger partial charge in [-0.3, -0.25) is 4.98 Å². The largest absolute Gasteiger partial charge is 0.508 e. The Morgan fingerprint density at radius 3 is 2.29 bits per heavy atom. The molecule has 1 N–H and O–H groups in total. The van der Waals surface area contributed by atoms with Crippen LogP contribution in [0.3, 0.4) is 0 Å². The number of phenolic OH excluding ortho intramolecular Hbond substituents is 1. The number of aromatic hydroxyl groups is 1. The third-order valence-electron chi connectivity index (χ3n) is 4.34. The van der Waals surface area contributed by atoms with E-state index in [4.69, 9.17) is 0 Å². The Morgan fingerprint density at radius 1 is 0.857 bits per heavy atom. The highest BCUT2D eigenvalue weighted by molar-refractivity contribution is 5.94. The van der Waals surface area contributed by atoms with Gasteiger partial charge in [0.2, 0.25) is 0 Å². The average molecular weight is 381 g/mol. The molecule has 0 aliphatic heterocycles. The topological polar surface area (TPSA) is 58.9 Å². The van der Waals surface area contributed by atoms with E-state index in [1.54, 1.807) is 49.4 Å². The van der Waals surface area contributed by atoms with Gasteiger partial charge in [-0.2, -0.15) is 13.2 Å². The van der Waals surface area contributed by atoms with Crippen molar-refractivity contribution in [2.75, 3.05) is 0 Å². The molecule has 0 radical (unpaired) electrons. The van der Waals surface area contributed by atoms with E-state index in [-0.39, 0.29) is 11.4 Å². The first-order valence-corrected chi connectivity index (χ1v) is 8.43. The van der Waals surface area contributed by atoms with Crippen molar-refractivity contribution < 1.29 is 18.3 Å². The summed E-state index contributed by atoms with van der Waals surface area (Å²) in [7, 11) is 0. The second-order valence-electron chi connectivity index (χ2n) is 6.30. The molecule has 140 valence electrons. The minimum absolute atomic E-state index is 0.135. The van der Waals surface area contributed by atoms with Gasteiger partial charge in [-0.15, -0.1) is 0 Å². The molecule has 0 atom stereocenters. The van der Waals surface area contributed by atoms with Crippen LogP contribution in [0.2, 0.25) is 0 Å². The van der Waals surface area contributed by atoms with E-state index in [2.05, 4.69) is 15.0 Å². The van der Waals surface area contributed by atoms with E-state index in [0.717, 1.165) is 11.6 Å². The second-order valence-corrected chi connectivity index (χ2v) is 6.30. The van der Waals surface area contributed by atoms with Crippen LogP contribution in [-0.2, 0) is 6.18 Å². The maximum atomic E-state index is 13.3. The van der Waals surface area contributed by atoms with E-state index in [9.17, 15) is 18.3 Å². The molecule has 0 unspecified atom stereocenters. The minimum atomic E-state index is -4.50. The molecule has 0 aliphatic rings. The molecule has 2 heterocycles. The fourth-order valence-corrected chi connectivity index (χ4v) is 3.10. The number of halogens is 3. The first-order valence-electron chi connectivity index (χ1n) is 8.43.